The van der Waals surface area contributed by atoms with E-state index in [1.165, 1.54) is 18.2 Å². The van der Waals surface area contributed by atoms with E-state index in [4.69, 9.17) is 0 Å². The van der Waals surface area contributed by atoms with Crippen LogP contribution in [0.1, 0.15) is 32.6 Å². The van der Waals surface area contributed by atoms with Crippen molar-refractivity contribution in [2.75, 3.05) is 6.54 Å². The zero-order chi connectivity index (χ0) is 13.2. The molecule has 0 amide bonds. The smallest absolute Gasteiger partial charge is 0.211 e. The Kier molecular flexibility index (Phi) is 3.73. The summed E-state index contributed by atoms with van der Waals surface area (Å²) in [5.74, 6) is -0.704. The Bertz CT molecular complexity index is 518. The third-order valence-corrected chi connectivity index (χ3v) is 5.36. The van der Waals surface area contributed by atoms with Crippen molar-refractivity contribution in [3.63, 3.8) is 0 Å². The van der Waals surface area contributed by atoms with Crippen molar-refractivity contribution >= 4 is 10.0 Å². The van der Waals surface area contributed by atoms with E-state index in [0.29, 0.717) is 6.54 Å². The van der Waals surface area contributed by atoms with Gasteiger partial charge >= 0.3 is 0 Å². The van der Waals surface area contributed by atoms with Gasteiger partial charge in [-0.05, 0) is 36.8 Å². The summed E-state index contributed by atoms with van der Waals surface area (Å²) < 4.78 is 40.0. The third-order valence-electron chi connectivity index (χ3n) is 3.93. The van der Waals surface area contributed by atoms with Crippen LogP contribution in [0.15, 0.2) is 29.2 Å². The molecule has 1 aromatic rings. The van der Waals surface area contributed by atoms with Crippen LogP contribution in [0.4, 0.5) is 4.39 Å². The molecule has 0 unspecified atom stereocenters. The molecule has 3 nitrogen and oxygen atoms in total. The highest BCUT2D eigenvalue weighted by Gasteiger charge is 2.36. The Labute approximate surface area is 107 Å². The summed E-state index contributed by atoms with van der Waals surface area (Å²) in [5, 5.41) is 0. The van der Waals surface area contributed by atoms with Crippen molar-refractivity contribution in [3.05, 3.63) is 30.1 Å². The SMILES string of the molecule is CCC1(CNS(=O)(=O)c2ccccc2F)CCC1. The van der Waals surface area contributed by atoms with E-state index in [2.05, 4.69) is 11.6 Å². The molecule has 0 saturated heterocycles. The maximum atomic E-state index is 13.5. The van der Waals surface area contributed by atoms with E-state index in [9.17, 15) is 12.8 Å². The number of rotatable bonds is 5. The quantitative estimate of drug-likeness (QED) is 0.895. The lowest BCUT2D eigenvalue weighted by Crippen LogP contribution is -2.41. The Morgan fingerprint density at radius 1 is 1.33 bits per heavy atom. The zero-order valence-electron chi connectivity index (χ0n) is 10.4. The van der Waals surface area contributed by atoms with E-state index in [-0.39, 0.29) is 10.3 Å². The first-order valence-electron chi connectivity index (χ1n) is 6.23. The topological polar surface area (TPSA) is 46.2 Å². The van der Waals surface area contributed by atoms with Gasteiger partial charge in [-0.15, -0.1) is 0 Å². The summed E-state index contributed by atoms with van der Waals surface area (Å²) in [6, 6.07) is 5.45. The Hall–Kier alpha value is -0.940. The molecule has 0 bridgehead atoms. The lowest BCUT2D eigenvalue weighted by atomic mass is 9.67. The predicted molar refractivity (Wildman–Crippen MR) is 68.2 cm³/mol. The van der Waals surface area contributed by atoms with Crippen LogP contribution in [0.3, 0.4) is 0 Å². The first-order valence-corrected chi connectivity index (χ1v) is 7.72. The van der Waals surface area contributed by atoms with Crippen LogP contribution in [0, 0.1) is 11.2 Å². The number of hydrogen-bond acceptors (Lipinski definition) is 2. The molecule has 100 valence electrons. The van der Waals surface area contributed by atoms with Crippen LogP contribution >= 0.6 is 0 Å². The van der Waals surface area contributed by atoms with Crippen molar-refractivity contribution in [3.8, 4) is 0 Å². The highest BCUT2D eigenvalue weighted by Crippen LogP contribution is 2.43. The summed E-state index contributed by atoms with van der Waals surface area (Å²) in [4.78, 5) is -0.268. The lowest BCUT2D eigenvalue weighted by molar-refractivity contribution is 0.133. The molecule has 1 saturated carbocycles. The average molecular weight is 271 g/mol. The monoisotopic (exact) mass is 271 g/mol. The van der Waals surface area contributed by atoms with Crippen molar-refractivity contribution < 1.29 is 12.8 Å². The molecule has 1 aromatic carbocycles. The summed E-state index contributed by atoms with van der Waals surface area (Å²) in [5.41, 5.74) is 0.0817. The van der Waals surface area contributed by atoms with E-state index < -0.39 is 15.8 Å². The molecule has 0 spiro atoms. The predicted octanol–water partition coefficient (Wildman–Crippen LogP) is 2.68. The number of benzene rings is 1. The standard InChI is InChI=1S/C13H18FNO2S/c1-2-13(8-5-9-13)10-15-18(16,17)12-7-4-3-6-11(12)14/h3-4,6-7,15H,2,5,8-10H2,1H3. The summed E-state index contributed by atoms with van der Waals surface area (Å²) >= 11 is 0. The van der Waals surface area contributed by atoms with Crippen LogP contribution in [-0.2, 0) is 10.0 Å². The molecule has 1 aliphatic rings. The van der Waals surface area contributed by atoms with Crippen molar-refractivity contribution in [1.29, 1.82) is 0 Å². The minimum absolute atomic E-state index is 0.0817. The van der Waals surface area contributed by atoms with Gasteiger partial charge in [0.2, 0.25) is 10.0 Å². The zero-order valence-corrected chi connectivity index (χ0v) is 11.3. The highest BCUT2D eigenvalue weighted by molar-refractivity contribution is 7.89. The molecule has 2 rings (SSSR count). The van der Waals surface area contributed by atoms with Gasteiger partial charge in [0.05, 0.1) is 0 Å². The molecule has 1 fully saturated rings. The van der Waals surface area contributed by atoms with Crippen molar-refractivity contribution in [1.82, 2.24) is 4.72 Å². The van der Waals surface area contributed by atoms with E-state index in [1.54, 1.807) is 0 Å². The second kappa shape index (κ2) is 4.97. The fraction of sp³-hybridized carbons (Fsp3) is 0.538. The maximum Gasteiger partial charge on any atom is 0.243 e. The van der Waals surface area contributed by atoms with E-state index in [0.717, 1.165) is 31.7 Å². The lowest BCUT2D eigenvalue weighted by Gasteiger charge is -2.41. The molecular weight excluding hydrogens is 253 g/mol. The first kappa shape index (κ1) is 13.5. The third kappa shape index (κ3) is 2.57. The molecule has 0 aromatic heterocycles. The van der Waals surface area contributed by atoms with Gasteiger partial charge in [-0.3, -0.25) is 0 Å². The molecule has 0 radical (unpaired) electrons. The fourth-order valence-electron chi connectivity index (χ4n) is 2.32. The Morgan fingerprint density at radius 3 is 2.50 bits per heavy atom. The number of hydrogen-bond donors (Lipinski definition) is 1. The number of nitrogens with one attached hydrogen (secondary N) is 1. The van der Waals surface area contributed by atoms with Gasteiger partial charge in [-0.25, -0.2) is 17.5 Å². The summed E-state index contributed by atoms with van der Waals surface area (Å²) in [6.07, 6.45) is 4.19. The normalized spacial score (nSPS) is 18.3. The summed E-state index contributed by atoms with van der Waals surface area (Å²) in [7, 11) is -3.74. The number of sulfonamides is 1. The largest absolute Gasteiger partial charge is 0.243 e. The number of halogens is 1. The van der Waals surface area contributed by atoms with Crippen LogP contribution < -0.4 is 4.72 Å². The van der Waals surface area contributed by atoms with Crippen molar-refractivity contribution in [2.45, 2.75) is 37.5 Å². The van der Waals surface area contributed by atoms with Gasteiger partial charge in [0.25, 0.3) is 0 Å². The molecule has 0 aliphatic heterocycles. The average Bonchev–Trinajstić information content (AvgIpc) is 2.28. The minimum Gasteiger partial charge on any atom is -0.211 e. The molecule has 18 heavy (non-hydrogen) atoms. The molecule has 1 N–H and O–H groups in total. The van der Waals surface area contributed by atoms with Gasteiger partial charge in [-0.2, -0.15) is 0 Å². The fourth-order valence-corrected chi connectivity index (χ4v) is 3.55. The molecule has 1 aliphatic carbocycles. The van der Waals surface area contributed by atoms with Crippen LogP contribution in [0.2, 0.25) is 0 Å². The van der Waals surface area contributed by atoms with E-state index in [1.807, 2.05) is 0 Å². The minimum atomic E-state index is -3.74. The maximum absolute atomic E-state index is 13.5. The van der Waals surface area contributed by atoms with Gasteiger partial charge in [0, 0.05) is 6.54 Å². The van der Waals surface area contributed by atoms with Crippen LogP contribution in [-0.4, -0.2) is 15.0 Å². The molecular formula is C13H18FNO2S. The molecule has 5 heteroatoms. The molecule has 0 heterocycles. The molecule has 0 atom stereocenters. The van der Waals surface area contributed by atoms with Crippen molar-refractivity contribution in [2.24, 2.45) is 5.41 Å². The Morgan fingerprint density at radius 2 is 2.00 bits per heavy atom. The van der Waals surface area contributed by atoms with Crippen LogP contribution in [0.25, 0.3) is 0 Å². The highest BCUT2D eigenvalue weighted by atomic mass is 32.2. The van der Waals surface area contributed by atoms with Gasteiger partial charge in [0.1, 0.15) is 10.7 Å². The Balaban J connectivity index is 2.11. The second-order valence-electron chi connectivity index (χ2n) is 4.96. The van der Waals surface area contributed by atoms with Gasteiger partial charge in [-0.1, -0.05) is 25.5 Å². The second-order valence-corrected chi connectivity index (χ2v) is 6.70. The van der Waals surface area contributed by atoms with E-state index >= 15 is 0 Å². The van der Waals surface area contributed by atoms with Gasteiger partial charge in [0.15, 0.2) is 0 Å². The van der Waals surface area contributed by atoms with Gasteiger partial charge < -0.3 is 0 Å². The van der Waals surface area contributed by atoms with Crippen LogP contribution in [0.5, 0.6) is 0 Å². The first-order chi connectivity index (χ1) is 8.49. The summed E-state index contributed by atoms with van der Waals surface area (Å²) in [6.45, 7) is 2.47.